The van der Waals surface area contributed by atoms with Gasteiger partial charge in [-0.2, -0.15) is 0 Å². The topological polar surface area (TPSA) is 84.7 Å². The maximum absolute atomic E-state index is 11.5. The average Bonchev–Trinajstić information content (AvgIpc) is 2.91. The molecule has 0 unspecified atom stereocenters. The third-order valence-electron chi connectivity index (χ3n) is 2.26. The van der Waals surface area contributed by atoms with Crippen LogP contribution in [-0.4, -0.2) is 37.9 Å². The Morgan fingerprint density at radius 3 is 3.17 bits per heavy atom. The number of aromatic nitrogens is 4. The summed E-state index contributed by atoms with van der Waals surface area (Å²) in [5.41, 5.74) is 1.10. The lowest BCUT2D eigenvalue weighted by molar-refractivity contribution is -0.119. The van der Waals surface area contributed by atoms with E-state index in [2.05, 4.69) is 44.3 Å². The lowest BCUT2D eigenvalue weighted by Crippen LogP contribution is -2.33. The molecule has 1 aromatic rings. The van der Waals surface area contributed by atoms with Gasteiger partial charge in [-0.1, -0.05) is 18.2 Å². The summed E-state index contributed by atoms with van der Waals surface area (Å²) in [6, 6.07) is 0. The molecule has 0 radical (unpaired) electrons. The molecule has 0 fully saturated rings. The van der Waals surface area contributed by atoms with E-state index < -0.39 is 0 Å². The Bertz CT molecular complexity index is 441. The van der Waals surface area contributed by atoms with E-state index >= 15 is 0 Å². The second-order valence-corrected chi connectivity index (χ2v) is 4.43. The van der Waals surface area contributed by atoms with Crippen LogP contribution in [0, 0.1) is 0 Å². The maximum Gasteiger partial charge on any atom is 0.240 e. The largest absolute Gasteiger partial charge is 0.380 e. The number of carbonyl (C=O) groups excluding carboxylic acids is 1. The summed E-state index contributed by atoms with van der Waals surface area (Å²) in [4.78, 5) is 11.5. The highest BCUT2D eigenvalue weighted by atomic mass is 32.2. The van der Waals surface area contributed by atoms with Crippen LogP contribution in [-0.2, 0) is 4.79 Å². The van der Waals surface area contributed by atoms with Gasteiger partial charge in [-0.05, 0) is 11.6 Å². The highest BCUT2D eigenvalue weighted by molar-refractivity contribution is 7.97. The summed E-state index contributed by atoms with van der Waals surface area (Å²) in [7, 11) is 0. The fraction of sp³-hybridized carbons (Fsp3) is 0.400. The maximum atomic E-state index is 11.5. The molecule has 1 aliphatic carbocycles. The molecular weight excluding hydrogens is 252 g/mol. The van der Waals surface area contributed by atoms with Gasteiger partial charge in [-0.3, -0.25) is 4.79 Å². The fourth-order valence-electron chi connectivity index (χ4n) is 1.39. The standard InChI is InChI=1S/C10H14N6OS/c17-10(6-11-9-4-2-1-3-5-9)12-8-18-16-14-7-13-15-16/h1-2,5,7,11H,3-4,6,8H2,(H,12,17). The monoisotopic (exact) mass is 266 g/mol. The van der Waals surface area contributed by atoms with Gasteiger partial charge in [-0.25, -0.2) is 0 Å². The van der Waals surface area contributed by atoms with Crippen molar-refractivity contribution in [3.8, 4) is 0 Å². The number of rotatable bonds is 6. The van der Waals surface area contributed by atoms with E-state index in [4.69, 9.17) is 0 Å². The molecule has 0 aromatic carbocycles. The van der Waals surface area contributed by atoms with E-state index in [1.54, 1.807) is 0 Å². The summed E-state index contributed by atoms with van der Waals surface area (Å²) >= 11 is 1.26. The molecule has 7 nitrogen and oxygen atoms in total. The van der Waals surface area contributed by atoms with Crippen molar-refractivity contribution in [1.29, 1.82) is 0 Å². The van der Waals surface area contributed by atoms with Crippen LogP contribution >= 0.6 is 11.9 Å². The molecule has 2 N–H and O–H groups in total. The summed E-state index contributed by atoms with van der Waals surface area (Å²) in [6.07, 6.45) is 9.42. The average molecular weight is 266 g/mol. The van der Waals surface area contributed by atoms with Crippen molar-refractivity contribution >= 4 is 17.9 Å². The first-order valence-electron chi connectivity index (χ1n) is 5.55. The lowest BCUT2D eigenvalue weighted by Gasteiger charge is -2.11. The van der Waals surface area contributed by atoms with Crippen LogP contribution in [0.2, 0.25) is 0 Å². The Morgan fingerprint density at radius 2 is 2.44 bits per heavy atom. The Kier molecular flexibility index (Phi) is 4.77. The van der Waals surface area contributed by atoms with Crippen molar-refractivity contribution in [2.24, 2.45) is 0 Å². The van der Waals surface area contributed by atoms with E-state index in [1.807, 2.05) is 0 Å². The second kappa shape index (κ2) is 6.80. The van der Waals surface area contributed by atoms with Crippen molar-refractivity contribution in [3.05, 3.63) is 30.3 Å². The minimum Gasteiger partial charge on any atom is -0.380 e. The third-order valence-corrected chi connectivity index (χ3v) is 2.93. The van der Waals surface area contributed by atoms with Gasteiger partial charge in [0.2, 0.25) is 5.91 Å². The van der Waals surface area contributed by atoms with Gasteiger partial charge < -0.3 is 10.6 Å². The zero-order chi connectivity index (χ0) is 12.6. The van der Waals surface area contributed by atoms with Crippen LogP contribution in [0.25, 0.3) is 0 Å². The fourth-order valence-corrected chi connectivity index (χ4v) is 1.93. The Balaban J connectivity index is 1.59. The molecule has 1 heterocycles. The van der Waals surface area contributed by atoms with E-state index in [0.717, 1.165) is 18.5 Å². The van der Waals surface area contributed by atoms with Crippen LogP contribution < -0.4 is 10.6 Å². The first-order chi connectivity index (χ1) is 8.84. The molecule has 8 heteroatoms. The lowest BCUT2D eigenvalue weighted by atomic mass is 10.1. The molecule has 0 saturated carbocycles. The highest BCUT2D eigenvalue weighted by Gasteiger charge is 2.03. The minimum absolute atomic E-state index is 0.0573. The van der Waals surface area contributed by atoms with Crippen LogP contribution in [0.1, 0.15) is 12.8 Å². The zero-order valence-electron chi connectivity index (χ0n) is 9.74. The number of nitrogens with zero attached hydrogens (tertiary/aromatic N) is 4. The van der Waals surface area contributed by atoms with Crippen molar-refractivity contribution in [3.63, 3.8) is 0 Å². The van der Waals surface area contributed by atoms with Crippen molar-refractivity contribution in [2.45, 2.75) is 12.8 Å². The predicted molar refractivity (Wildman–Crippen MR) is 68.3 cm³/mol. The molecule has 1 aliphatic rings. The number of hydrogen-bond acceptors (Lipinski definition) is 6. The minimum atomic E-state index is -0.0573. The van der Waals surface area contributed by atoms with Crippen LogP contribution in [0.15, 0.2) is 30.3 Å². The SMILES string of the molecule is O=C(CNC1=CCC=CC1)NCSn1ncnn1. The number of amides is 1. The van der Waals surface area contributed by atoms with Crippen molar-refractivity contribution in [1.82, 2.24) is 30.2 Å². The first kappa shape index (κ1) is 12.6. The van der Waals surface area contributed by atoms with Crippen molar-refractivity contribution < 1.29 is 4.79 Å². The number of allylic oxidation sites excluding steroid dienone is 3. The molecule has 1 aromatic heterocycles. The van der Waals surface area contributed by atoms with E-state index in [-0.39, 0.29) is 12.5 Å². The summed E-state index contributed by atoms with van der Waals surface area (Å²) in [5, 5.41) is 16.9. The molecular formula is C10H14N6OS. The van der Waals surface area contributed by atoms with Crippen LogP contribution in [0.3, 0.4) is 0 Å². The molecule has 96 valence electrons. The Hall–Kier alpha value is -1.83. The van der Waals surface area contributed by atoms with Gasteiger partial charge in [0.05, 0.1) is 12.4 Å². The molecule has 0 spiro atoms. The Morgan fingerprint density at radius 1 is 1.50 bits per heavy atom. The molecule has 0 atom stereocenters. The predicted octanol–water partition coefficient (Wildman–Crippen LogP) is 0.0666. The zero-order valence-corrected chi connectivity index (χ0v) is 10.6. The Labute approximate surface area is 109 Å². The molecule has 1 amide bonds. The summed E-state index contributed by atoms with van der Waals surface area (Å²) in [5.74, 6) is 0.355. The van der Waals surface area contributed by atoms with Gasteiger partial charge in [0, 0.05) is 24.1 Å². The van der Waals surface area contributed by atoms with E-state index in [9.17, 15) is 4.79 Å². The third kappa shape index (κ3) is 4.21. The number of tetrazole rings is 1. The number of carbonyl (C=O) groups is 1. The van der Waals surface area contributed by atoms with Crippen LogP contribution in [0.4, 0.5) is 0 Å². The molecule has 18 heavy (non-hydrogen) atoms. The summed E-state index contributed by atoms with van der Waals surface area (Å²) < 4.78 is 1.35. The number of hydrogen-bond donors (Lipinski definition) is 2. The smallest absolute Gasteiger partial charge is 0.240 e. The van der Waals surface area contributed by atoms with Gasteiger partial charge in [-0.15, -0.1) is 14.4 Å². The first-order valence-corrected chi connectivity index (χ1v) is 6.50. The highest BCUT2D eigenvalue weighted by Crippen LogP contribution is 2.06. The van der Waals surface area contributed by atoms with E-state index in [0.29, 0.717) is 5.88 Å². The van der Waals surface area contributed by atoms with Crippen molar-refractivity contribution in [2.75, 3.05) is 12.4 Å². The van der Waals surface area contributed by atoms with Gasteiger partial charge in [0.1, 0.15) is 0 Å². The molecule has 2 rings (SSSR count). The molecule has 0 aliphatic heterocycles. The summed E-state index contributed by atoms with van der Waals surface area (Å²) in [6.45, 7) is 0.283. The van der Waals surface area contributed by atoms with Gasteiger partial charge in [0.15, 0.2) is 6.33 Å². The number of nitrogens with one attached hydrogen (secondary N) is 2. The normalized spacial score (nSPS) is 14.1. The molecule has 0 bridgehead atoms. The van der Waals surface area contributed by atoms with Gasteiger partial charge in [0.25, 0.3) is 0 Å². The van der Waals surface area contributed by atoms with Crippen LogP contribution in [0.5, 0.6) is 0 Å². The molecule has 0 saturated heterocycles. The quantitative estimate of drug-likeness (QED) is 0.560. The van der Waals surface area contributed by atoms with Gasteiger partial charge >= 0.3 is 0 Å². The van der Waals surface area contributed by atoms with E-state index in [1.165, 1.54) is 22.5 Å². The second-order valence-electron chi connectivity index (χ2n) is 3.56.